The van der Waals surface area contributed by atoms with E-state index in [0.29, 0.717) is 10.9 Å². The third-order valence-corrected chi connectivity index (χ3v) is 2.80. The highest BCUT2D eigenvalue weighted by Gasteiger charge is 2.05. The molecule has 0 atom stereocenters. The second kappa shape index (κ2) is 5.53. The van der Waals surface area contributed by atoms with Crippen LogP contribution in [0.4, 0.5) is 0 Å². The summed E-state index contributed by atoms with van der Waals surface area (Å²) in [5.74, 6) is 0.393. The summed E-state index contributed by atoms with van der Waals surface area (Å²) in [5.41, 5.74) is 0.737. The van der Waals surface area contributed by atoms with E-state index in [1.165, 1.54) is 7.11 Å². The van der Waals surface area contributed by atoms with Crippen molar-refractivity contribution >= 4 is 37.8 Å². The molecule has 0 amide bonds. The lowest BCUT2D eigenvalue weighted by molar-refractivity contribution is 0.343. The smallest absolute Gasteiger partial charge is 0.232 e. The molecule has 0 fully saturated rings. The summed E-state index contributed by atoms with van der Waals surface area (Å²) in [6.07, 6.45) is 1.66. The normalized spacial score (nSPS) is 11.6. The summed E-state index contributed by atoms with van der Waals surface area (Å²) in [7, 11) is 1.51. The lowest BCUT2D eigenvalue weighted by atomic mass is 10.3. The van der Waals surface area contributed by atoms with Crippen molar-refractivity contribution in [3.63, 3.8) is 0 Å². The predicted molar refractivity (Wildman–Crippen MR) is 64.9 cm³/mol. The monoisotopic (exact) mass is 325 g/mol. The van der Waals surface area contributed by atoms with Gasteiger partial charge in [-0.15, -0.1) is 0 Å². The first kappa shape index (κ1) is 11.7. The van der Waals surface area contributed by atoms with Gasteiger partial charge < -0.3 is 9.84 Å². The van der Waals surface area contributed by atoms with E-state index in [0.717, 1.165) is 9.27 Å². The van der Waals surface area contributed by atoms with Gasteiger partial charge in [0, 0.05) is 3.58 Å². The lowest BCUT2D eigenvalue weighted by Gasteiger charge is -2.04. The fraction of sp³-hybridized carbons (Fsp3) is 0.222. The third kappa shape index (κ3) is 2.83. The largest absolute Gasteiger partial charge is 0.480 e. The fourth-order valence-corrected chi connectivity index (χ4v) is 1.56. The minimum absolute atomic E-state index is 0.00903. The Morgan fingerprint density at radius 2 is 2.43 bits per heavy atom. The molecule has 0 unspecified atom stereocenters. The van der Waals surface area contributed by atoms with Crippen LogP contribution in [0.3, 0.4) is 0 Å². The number of hydrogen-bond donors (Lipinski definition) is 1. The number of pyridine rings is 1. The molecule has 1 heterocycles. The van der Waals surface area contributed by atoms with Crippen LogP contribution in [0.25, 0.3) is 3.58 Å². The molecule has 0 spiro atoms. The molecular weight excluding hydrogens is 316 g/mol. The van der Waals surface area contributed by atoms with Crippen LogP contribution >= 0.6 is 34.2 Å². The van der Waals surface area contributed by atoms with E-state index in [4.69, 9.17) is 21.4 Å². The molecule has 1 rings (SSSR count). The Morgan fingerprint density at radius 1 is 1.71 bits per heavy atom. The van der Waals surface area contributed by atoms with E-state index in [1.54, 1.807) is 18.2 Å². The average Bonchev–Trinajstić information content (AvgIpc) is 2.19. The molecule has 76 valence electrons. The Bertz CT molecular complexity index is 355. The zero-order valence-corrected chi connectivity index (χ0v) is 10.4. The number of hydrogen-bond acceptors (Lipinski definition) is 3. The second-order valence-corrected chi connectivity index (χ2v) is 3.99. The quantitative estimate of drug-likeness (QED) is 0.868. The number of rotatable bonds is 3. The van der Waals surface area contributed by atoms with Gasteiger partial charge in [0.15, 0.2) is 0 Å². The summed E-state index contributed by atoms with van der Waals surface area (Å²) < 4.78 is 5.84. The van der Waals surface area contributed by atoms with Gasteiger partial charge in [0.1, 0.15) is 5.02 Å². The molecule has 5 heteroatoms. The summed E-state index contributed by atoms with van der Waals surface area (Å²) in [5, 5.41) is 9.19. The van der Waals surface area contributed by atoms with Gasteiger partial charge >= 0.3 is 0 Å². The lowest BCUT2D eigenvalue weighted by Crippen LogP contribution is -1.92. The highest BCUT2D eigenvalue weighted by Crippen LogP contribution is 2.26. The Hall–Kier alpha value is -0.330. The van der Waals surface area contributed by atoms with Gasteiger partial charge in [-0.1, -0.05) is 11.6 Å². The van der Waals surface area contributed by atoms with Crippen molar-refractivity contribution in [1.82, 2.24) is 4.98 Å². The van der Waals surface area contributed by atoms with Crippen LogP contribution in [0.1, 0.15) is 5.69 Å². The molecule has 0 saturated heterocycles. The molecule has 0 radical (unpaired) electrons. The number of halogens is 2. The first-order chi connectivity index (χ1) is 6.69. The van der Waals surface area contributed by atoms with Gasteiger partial charge in [-0.05, 0) is 40.8 Å². The van der Waals surface area contributed by atoms with Crippen molar-refractivity contribution in [2.75, 3.05) is 13.7 Å². The molecule has 1 aromatic rings. The van der Waals surface area contributed by atoms with E-state index in [1.807, 2.05) is 0 Å². The van der Waals surface area contributed by atoms with Crippen molar-refractivity contribution in [1.29, 1.82) is 0 Å². The topological polar surface area (TPSA) is 42.4 Å². The molecular formula is C9H9ClINO2. The maximum Gasteiger partial charge on any atom is 0.232 e. The van der Waals surface area contributed by atoms with Crippen LogP contribution in [0.15, 0.2) is 18.2 Å². The zero-order chi connectivity index (χ0) is 10.6. The van der Waals surface area contributed by atoms with Crippen molar-refractivity contribution < 1.29 is 9.84 Å². The number of nitrogens with zero attached hydrogens (tertiary/aromatic N) is 1. The van der Waals surface area contributed by atoms with Crippen molar-refractivity contribution in [3.05, 3.63) is 28.9 Å². The molecule has 0 saturated carbocycles. The summed E-state index contributed by atoms with van der Waals surface area (Å²) in [6, 6.07) is 3.49. The van der Waals surface area contributed by atoms with Crippen molar-refractivity contribution in [2.24, 2.45) is 0 Å². The Balaban J connectivity index is 3.06. The molecule has 3 nitrogen and oxygen atoms in total. The number of aromatic nitrogens is 1. The maximum atomic E-state index is 8.71. The first-order valence-corrected chi connectivity index (χ1v) is 5.32. The highest BCUT2D eigenvalue weighted by molar-refractivity contribution is 14.1. The minimum atomic E-state index is -0.00903. The fourth-order valence-electron chi connectivity index (χ4n) is 0.884. The van der Waals surface area contributed by atoms with Crippen LogP contribution in [-0.2, 0) is 0 Å². The number of aliphatic hydroxyl groups excluding tert-OH is 1. The molecule has 0 aromatic carbocycles. The number of ether oxygens (including phenoxy) is 1. The predicted octanol–water partition coefficient (Wildman–Crippen LogP) is 2.51. The molecule has 1 N–H and O–H groups in total. The molecule has 1 aromatic heterocycles. The van der Waals surface area contributed by atoms with Crippen LogP contribution in [0.5, 0.6) is 5.88 Å². The third-order valence-electron chi connectivity index (χ3n) is 1.52. The second-order valence-electron chi connectivity index (χ2n) is 2.42. The van der Waals surface area contributed by atoms with Crippen LogP contribution in [-0.4, -0.2) is 23.8 Å². The van der Waals surface area contributed by atoms with Gasteiger partial charge in [-0.3, -0.25) is 0 Å². The van der Waals surface area contributed by atoms with Crippen molar-refractivity contribution in [3.8, 4) is 5.88 Å². The first-order valence-electron chi connectivity index (χ1n) is 3.86. The van der Waals surface area contributed by atoms with E-state index in [2.05, 4.69) is 27.6 Å². The summed E-state index contributed by atoms with van der Waals surface area (Å²) in [6.45, 7) is -0.00903. The Morgan fingerprint density at radius 3 is 3.00 bits per heavy atom. The molecule has 0 aliphatic rings. The van der Waals surface area contributed by atoms with E-state index in [-0.39, 0.29) is 6.61 Å². The van der Waals surface area contributed by atoms with Gasteiger partial charge in [0.05, 0.1) is 19.4 Å². The summed E-state index contributed by atoms with van der Waals surface area (Å²) >= 11 is 7.91. The van der Waals surface area contributed by atoms with Crippen LogP contribution in [0.2, 0.25) is 5.02 Å². The minimum Gasteiger partial charge on any atom is -0.480 e. The maximum absolute atomic E-state index is 8.71. The number of aliphatic hydroxyl groups is 1. The average molecular weight is 326 g/mol. The van der Waals surface area contributed by atoms with Gasteiger partial charge in [-0.25, -0.2) is 4.98 Å². The molecule has 0 aliphatic carbocycles. The van der Waals surface area contributed by atoms with E-state index in [9.17, 15) is 0 Å². The van der Waals surface area contributed by atoms with Gasteiger partial charge in [-0.2, -0.15) is 0 Å². The van der Waals surface area contributed by atoms with Crippen LogP contribution < -0.4 is 4.74 Å². The van der Waals surface area contributed by atoms with Crippen LogP contribution in [0, 0.1) is 0 Å². The van der Waals surface area contributed by atoms with Crippen molar-refractivity contribution in [2.45, 2.75) is 0 Å². The van der Waals surface area contributed by atoms with Gasteiger partial charge in [0.2, 0.25) is 5.88 Å². The highest BCUT2D eigenvalue weighted by atomic mass is 127. The van der Waals surface area contributed by atoms with Gasteiger partial charge in [0.25, 0.3) is 0 Å². The standard InChI is InChI=1S/C9H9ClINO2/c1-14-9-6(10)2-3-8(12-9)7(11)4-5-13/h2-4,13H,5H2,1H3. The Labute approximate surface area is 101 Å². The van der Waals surface area contributed by atoms with E-state index >= 15 is 0 Å². The molecule has 0 aliphatic heterocycles. The summed E-state index contributed by atoms with van der Waals surface area (Å²) in [4.78, 5) is 4.17. The Kier molecular flexibility index (Phi) is 4.64. The molecule has 14 heavy (non-hydrogen) atoms. The SMILES string of the molecule is COc1nc(C(I)=CCO)ccc1Cl. The molecule has 0 bridgehead atoms. The number of methoxy groups -OCH3 is 1. The van der Waals surface area contributed by atoms with E-state index < -0.39 is 0 Å². The zero-order valence-electron chi connectivity index (χ0n) is 7.50.